The van der Waals surface area contributed by atoms with E-state index in [1.165, 1.54) is 16.0 Å². The summed E-state index contributed by atoms with van der Waals surface area (Å²) >= 11 is 1.67. The van der Waals surface area contributed by atoms with Gasteiger partial charge in [0, 0.05) is 16.0 Å². The molecule has 0 spiro atoms. The van der Waals surface area contributed by atoms with Crippen LogP contribution in [-0.4, -0.2) is 22.7 Å². The van der Waals surface area contributed by atoms with Gasteiger partial charge in [-0.15, -0.1) is 11.3 Å². The SMILES string of the molecule is Cc1ccc(-c2c(C(C)C(=O)O)c(C)nc3sc4c(c23)CCOC4)cc1. The van der Waals surface area contributed by atoms with Crippen LogP contribution in [0.2, 0.25) is 0 Å². The lowest BCUT2D eigenvalue weighted by atomic mass is 9.87. The molecule has 5 heteroatoms. The van der Waals surface area contributed by atoms with Crippen LogP contribution in [0.4, 0.5) is 0 Å². The molecule has 0 radical (unpaired) electrons. The Hall–Kier alpha value is -2.24. The summed E-state index contributed by atoms with van der Waals surface area (Å²) in [6.45, 7) is 7.04. The molecule has 134 valence electrons. The van der Waals surface area contributed by atoms with Crippen molar-refractivity contribution in [1.29, 1.82) is 0 Å². The van der Waals surface area contributed by atoms with Crippen molar-refractivity contribution in [3.05, 3.63) is 51.5 Å². The first kappa shape index (κ1) is 17.2. The molecule has 26 heavy (non-hydrogen) atoms. The largest absolute Gasteiger partial charge is 0.481 e. The monoisotopic (exact) mass is 367 g/mol. The van der Waals surface area contributed by atoms with Gasteiger partial charge in [0.15, 0.2) is 0 Å². The Morgan fingerprint density at radius 1 is 1.27 bits per heavy atom. The summed E-state index contributed by atoms with van der Waals surface area (Å²) in [5.41, 5.74) is 6.16. The molecule has 4 nitrogen and oxygen atoms in total. The minimum Gasteiger partial charge on any atom is -0.481 e. The molecule has 3 heterocycles. The maximum absolute atomic E-state index is 11.8. The lowest BCUT2D eigenvalue weighted by molar-refractivity contribution is -0.138. The molecule has 3 aromatic rings. The molecule has 0 bridgehead atoms. The van der Waals surface area contributed by atoms with Gasteiger partial charge in [0.1, 0.15) is 4.83 Å². The van der Waals surface area contributed by atoms with Crippen molar-refractivity contribution < 1.29 is 14.6 Å². The van der Waals surface area contributed by atoms with E-state index in [2.05, 4.69) is 31.2 Å². The van der Waals surface area contributed by atoms with Crippen LogP contribution >= 0.6 is 11.3 Å². The van der Waals surface area contributed by atoms with E-state index < -0.39 is 11.9 Å². The van der Waals surface area contributed by atoms with Crippen LogP contribution < -0.4 is 0 Å². The number of fused-ring (bicyclic) bond motifs is 3. The van der Waals surface area contributed by atoms with E-state index in [9.17, 15) is 9.90 Å². The van der Waals surface area contributed by atoms with Crippen molar-refractivity contribution >= 4 is 27.5 Å². The number of benzene rings is 1. The van der Waals surface area contributed by atoms with Crippen LogP contribution in [0.5, 0.6) is 0 Å². The Bertz CT molecular complexity index is 1000. The number of rotatable bonds is 3. The number of aryl methyl sites for hydroxylation is 2. The van der Waals surface area contributed by atoms with Gasteiger partial charge in [-0.3, -0.25) is 4.79 Å². The Kier molecular flexibility index (Phi) is 4.29. The first-order chi connectivity index (χ1) is 12.5. The molecule has 1 aliphatic heterocycles. The molecule has 1 atom stereocenters. The predicted octanol–water partition coefficient (Wildman–Crippen LogP) is 4.84. The average molecular weight is 367 g/mol. The molecule has 1 aliphatic rings. The zero-order valence-electron chi connectivity index (χ0n) is 15.1. The van der Waals surface area contributed by atoms with Gasteiger partial charge < -0.3 is 9.84 Å². The second-order valence-corrected chi connectivity index (χ2v) is 7.98. The van der Waals surface area contributed by atoms with Crippen LogP contribution in [0.25, 0.3) is 21.3 Å². The van der Waals surface area contributed by atoms with Gasteiger partial charge in [0.2, 0.25) is 0 Å². The van der Waals surface area contributed by atoms with Crippen molar-refractivity contribution in [3.8, 4) is 11.1 Å². The topological polar surface area (TPSA) is 59.4 Å². The number of hydrogen-bond donors (Lipinski definition) is 1. The van der Waals surface area contributed by atoms with E-state index in [-0.39, 0.29) is 0 Å². The van der Waals surface area contributed by atoms with Gasteiger partial charge in [-0.2, -0.15) is 0 Å². The van der Waals surface area contributed by atoms with E-state index in [0.29, 0.717) is 13.2 Å². The second kappa shape index (κ2) is 6.49. The zero-order chi connectivity index (χ0) is 18.4. The van der Waals surface area contributed by atoms with Crippen molar-refractivity contribution in [2.75, 3.05) is 6.61 Å². The number of carboxylic acid groups (broad SMARTS) is 1. The van der Waals surface area contributed by atoms with Crippen molar-refractivity contribution in [1.82, 2.24) is 4.98 Å². The maximum atomic E-state index is 11.8. The number of pyridine rings is 1. The molecule has 1 aromatic carbocycles. The number of hydrogen-bond acceptors (Lipinski definition) is 4. The highest BCUT2D eigenvalue weighted by atomic mass is 32.1. The maximum Gasteiger partial charge on any atom is 0.310 e. The number of nitrogens with zero attached hydrogens (tertiary/aromatic N) is 1. The molecular weight excluding hydrogens is 346 g/mol. The number of thiophene rings is 1. The number of aliphatic carboxylic acids is 1. The minimum atomic E-state index is -0.824. The Morgan fingerprint density at radius 3 is 2.69 bits per heavy atom. The molecule has 0 saturated heterocycles. The van der Waals surface area contributed by atoms with Gasteiger partial charge in [-0.25, -0.2) is 4.98 Å². The Balaban J connectivity index is 2.11. The van der Waals surface area contributed by atoms with Gasteiger partial charge in [0.25, 0.3) is 0 Å². The standard InChI is InChI=1S/C21H21NO3S/c1-11-4-6-14(7-5-11)18-17(12(2)21(23)24)13(3)22-20-19(18)15-8-9-25-10-16(15)26-20/h4-7,12H,8-10H2,1-3H3,(H,23,24). The molecule has 4 rings (SSSR count). The Morgan fingerprint density at radius 2 is 2.00 bits per heavy atom. The van der Waals surface area contributed by atoms with Gasteiger partial charge in [-0.1, -0.05) is 29.8 Å². The summed E-state index contributed by atoms with van der Waals surface area (Å²) in [6.07, 6.45) is 0.847. The summed E-state index contributed by atoms with van der Waals surface area (Å²) < 4.78 is 5.62. The van der Waals surface area contributed by atoms with E-state index in [4.69, 9.17) is 9.72 Å². The fraction of sp³-hybridized carbons (Fsp3) is 0.333. The Labute approximate surface area is 156 Å². The smallest absolute Gasteiger partial charge is 0.310 e. The average Bonchev–Trinajstić information content (AvgIpc) is 2.98. The number of carbonyl (C=O) groups is 1. The zero-order valence-corrected chi connectivity index (χ0v) is 15.9. The third-order valence-corrected chi connectivity index (χ3v) is 6.22. The van der Waals surface area contributed by atoms with Gasteiger partial charge >= 0.3 is 5.97 Å². The first-order valence-corrected chi connectivity index (χ1v) is 9.61. The highest BCUT2D eigenvalue weighted by molar-refractivity contribution is 7.19. The summed E-state index contributed by atoms with van der Waals surface area (Å²) in [7, 11) is 0. The summed E-state index contributed by atoms with van der Waals surface area (Å²) in [4.78, 5) is 18.8. The highest BCUT2D eigenvalue weighted by Gasteiger charge is 2.28. The molecule has 0 fully saturated rings. The molecule has 0 aliphatic carbocycles. The lowest BCUT2D eigenvalue weighted by Gasteiger charge is -2.19. The van der Waals surface area contributed by atoms with Crippen LogP contribution in [0.1, 0.15) is 40.1 Å². The molecule has 1 N–H and O–H groups in total. The van der Waals surface area contributed by atoms with Crippen LogP contribution in [0.3, 0.4) is 0 Å². The quantitative estimate of drug-likeness (QED) is 0.719. The first-order valence-electron chi connectivity index (χ1n) is 8.79. The molecule has 0 saturated carbocycles. The van der Waals surface area contributed by atoms with Crippen molar-refractivity contribution in [2.24, 2.45) is 0 Å². The van der Waals surface area contributed by atoms with E-state index in [0.717, 1.165) is 39.0 Å². The molecule has 2 aromatic heterocycles. The van der Waals surface area contributed by atoms with Crippen LogP contribution in [0.15, 0.2) is 24.3 Å². The summed E-state index contributed by atoms with van der Waals surface area (Å²) in [6, 6.07) is 8.33. The van der Waals surface area contributed by atoms with Gasteiger partial charge in [-0.05, 0) is 49.4 Å². The number of aromatic nitrogens is 1. The number of carboxylic acids is 1. The predicted molar refractivity (Wildman–Crippen MR) is 104 cm³/mol. The molecular formula is C21H21NO3S. The van der Waals surface area contributed by atoms with Crippen molar-refractivity contribution in [3.63, 3.8) is 0 Å². The highest BCUT2D eigenvalue weighted by Crippen LogP contribution is 2.44. The summed E-state index contributed by atoms with van der Waals surface area (Å²) in [5.74, 6) is -1.44. The van der Waals surface area contributed by atoms with E-state index in [1.807, 2.05) is 6.92 Å². The van der Waals surface area contributed by atoms with Crippen LogP contribution in [-0.2, 0) is 22.6 Å². The van der Waals surface area contributed by atoms with E-state index >= 15 is 0 Å². The normalized spacial score (nSPS) is 15.0. The fourth-order valence-corrected chi connectivity index (χ4v) is 4.97. The lowest BCUT2D eigenvalue weighted by Crippen LogP contribution is -2.12. The van der Waals surface area contributed by atoms with Gasteiger partial charge in [0.05, 0.1) is 19.1 Å². The van der Waals surface area contributed by atoms with Crippen molar-refractivity contribution in [2.45, 2.75) is 39.7 Å². The molecule has 0 amide bonds. The third-order valence-electron chi connectivity index (χ3n) is 5.12. The van der Waals surface area contributed by atoms with Crippen LogP contribution in [0, 0.1) is 13.8 Å². The van der Waals surface area contributed by atoms with E-state index in [1.54, 1.807) is 18.3 Å². The molecule has 1 unspecified atom stereocenters. The fourth-order valence-electron chi connectivity index (χ4n) is 3.76. The summed E-state index contributed by atoms with van der Waals surface area (Å²) in [5, 5.41) is 10.8. The number of ether oxygens (including phenoxy) is 1. The second-order valence-electron chi connectivity index (χ2n) is 6.90. The minimum absolute atomic E-state index is 0.612. The third kappa shape index (κ3) is 2.72.